The van der Waals surface area contributed by atoms with Crippen molar-refractivity contribution in [2.45, 2.75) is 120 Å². The van der Waals surface area contributed by atoms with Crippen molar-refractivity contribution in [1.29, 1.82) is 0 Å². The van der Waals surface area contributed by atoms with Gasteiger partial charge in [-0.2, -0.15) is 0 Å². The van der Waals surface area contributed by atoms with Gasteiger partial charge in [-0.05, 0) is 33.1 Å². The molecule has 0 bridgehead atoms. The van der Waals surface area contributed by atoms with E-state index in [0.717, 1.165) is 19.3 Å². The predicted octanol–water partition coefficient (Wildman–Crippen LogP) is 8.93. The molecule has 0 unspecified atom stereocenters. The second kappa shape index (κ2) is 43.2. The van der Waals surface area contributed by atoms with Crippen molar-refractivity contribution in [2.75, 3.05) is 0 Å². The van der Waals surface area contributed by atoms with Crippen LogP contribution in [0.2, 0.25) is 0 Å². The molecule has 0 aromatic heterocycles. The molecular formula is C23H50O. The third kappa shape index (κ3) is 69.1. The highest BCUT2D eigenvalue weighted by molar-refractivity contribution is 5.75. The zero-order chi connectivity index (χ0) is 18.8. The predicted molar refractivity (Wildman–Crippen MR) is 117 cm³/mol. The summed E-state index contributed by atoms with van der Waals surface area (Å²) in [5.74, 6) is 0.330. The molecule has 0 fully saturated rings. The molecule has 0 atom stereocenters. The average molecular weight is 343 g/mol. The van der Waals surface area contributed by atoms with Gasteiger partial charge >= 0.3 is 0 Å². The van der Waals surface area contributed by atoms with E-state index in [0.29, 0.717) is 5.78 Å². The van der Waals surface area contributed by atoms with Crippen molar-refractivity contribution in [3.8, 4) is 0 Å². The normalized spacial score (nSPS) is 8.46. The molecule has 0 rings (SSSR count). The van der Waals surface area contributed by atoms with Gasteiger partial charge in [0.05, 0.1) is 0 Å². The number of hydrogen-bond donors (Lipinski definition) is 0. The maximum absolute atomic E-state index is 10.5. The Morgan fingerprint density at radius 3 is 1.71 bits per heavy atom. The van der Waals surface area contributed by atoms with Crippen molar-refractivity contribution in [1.82, 2.24) is 0 Å². The highest BCUT2D eigenvalue weighted by Gasteiger charge is 1.92. The highest BCUT2D eigenvalue weighted by Crippen LogP contribution is 2.04. The third-order valence-corrected chi connectivity index (χ3v) is 2.88. The van der Waals surface area contributed by atoms with Gasteiger partial charge in [-0.1, -0.05) is 98.8 Å². The summed E-state index contributed by atoms with van der Waals surface area (Å²) in [6.07, 6.45) is 18.2. The average Bonchev–Trinajstić information content (AvgIpc) is 2.57. The molecule has 0 saturated carbocycles. The molecule has 0 heterocycles. The van der Waals surface area contributed by atoms with Gasteiger partial charge in [0.15, 0.2) is 0 Å². The van der Waals surface area contributed by atoms with Crippen LogP contribution in [0.5, 0.6) is 0 Å². The number of Topliss-reactive ketones (excluding diaryl/α,β-unsaturated/α-hetero) is 1. The molecule has 0 aliphatic rings. The number of ketones is 1. The molecule has 0 aromatic rings. The van der Waals surface area contributed by atoms with Crippen LogP contribution in [0.25, 0.3) is 0 Å². The number of allylic oxidation sites excluding steroid dienone is 3. The Hall–Kier alpha value is -0.850. The van der Waals surface area contributed by atoms with E-state index in [4.69, 9.17) is 0 Å². The van der Waals surface area contributed by atoms with Crippen LogP contribution >= 0.6 is 0 Å². The second-order valence-corrected chi connectivity index (χ2v) is 5.27. The van der Waals surface area contributed by atoms with Gasteiger partial charge < -0.3 is 4.79 Å². The van der Waals surface area contributed by atoms with Crippen LogP contribution in [0.3, 0.4) is 0 Å². The third-order valence-electron chi connectivity index (χ3n) is 2.88. The monoisotopic (exact) mass is 342 g/mol. The molecule has 148 valence electrons. The van der Waals surface area contributed by atoms with Gasteiger partial charge in [0, 0.05) is 6.42 Å². The van der Waals surface area contributed by atoms with Gasteiger partial charge in [0.2, 0.25) is 0 Å². The molecule has 0 radical (unpaired) electrons. The minimum Gasteiger partial charge on any atom is -0.300 e. The van der Waals surface area contributed by atoms with Crippen molar-refractivity contribution >= 4 is 5.78 Å². The quantitative estimate of drug-likeness (QED) is 0.286. The molecule has 0 aliphatic heterocycles. The molecule has 24 heavy (non-hydrogen) atoms. The smallest absolute Gasteiger partial charge is 0.129 e. The zero-order valence-electron chi connectivity index (χ0n) is 17.4. The van der Waals surface area contributed by atoms with Crippen LogP contribution in [0, 0.1) is 0 Å². The van der Waals surface area contributed by atoms with Gasteiger partial charge in [0.1, 0.15) is 5.78 Å². The van der Waals surface area contributed by atoms with E-state index in [1.54, 1.807) is 6.92 Å². The Kier molecular flexibility index (Phi) is 62.0. The lowest BCUT2D eigenvalue weighted by Crippen LogP contribution is -1.88. The first kappa shape index (κ1) is 34.5. The number of carbonyl (C=O) groups excluding carboxylic acids is 1. The highest BCUT2D eigenvalue weighted by atomic mass is 16.1. The van der Waals surface area contributed by atoms with E-state index < -0.39 is 0 Å². The van der Waals surface area contributed by atoms with Crippen LogP contribution in [0.1, 0.15) is 120 Å². The summed E-state index contributed by atoms with van der Waals surface area (Å²) in [4.78, 5) is 10.5. The Morgan fingerprint density at radius 2 is 1.38 bits per heavy atom. The number of rotatable bonds is 10. The van der Waals surface area contributed by atoms with Crippen LogP contribution in [0.4, 0.5) is 0 Å². The fourth-order valence-corrected chi connectivity index (χ4v) is 1.47. The lowest BCUT2D eigenvalue weighted by atomic mass is 10.1. The Balaban J connectivity index is -0.0000000754. The van der Waals surface area contributed by atoms with Gasteiger partial charge in [0.25, 0.3) is 0 Å². The summed E-state index contributed by atoms with van der Waals surface area (Å²) in [5, 5.41) is 0. The van der Waals surface area contributed by atoms with Crippen molar-refractivity contribution in [3.63, 3.8) is 0 Å². The van der Waals surface area contributed by atoms with E-state index >= 15 is 0 Å². The molecule has 0 saturated heterocycles. The molecule has 0 aromatic carbocycles. The number of unbranched alkanes of at least 4 members (excludes halogenated alkanes) is 6. The van der Waals surface area contributed by atoms with E-state index in [-0.39, 0.29) is 7.43 Å². The van der Waals surface area contributed by atoms with E-state index in [2.05, 4.69) is 46.4 Å². The SMILES string of the molecule is C.C/C=C\CCCC.C=CCC.CC.CCCCCCCC(C)=O. The molecule has 0 amide bonds. The summed E-state index contributed by atoms with van der Waals surface area (Å²) in [6.45, 7) is 17.7. The van der Waals surface area contributed by atoms with E-state index in [9.17, 15) is 4.79 Å². The minimum atomic E-state index is 0. The summed E-state index contributed by atoms with van der Waals surface area (Å²) in [7, 11) is 0. The Bertz CT molecular complexity index is 216. The van der Waals surface area contributed by atoms with Crippen molar-refractivity contribution in [2.24, 2.45) is 0 Å². The molecule has 0 aliphatic carbocycles. The van der Waals surface area contributed by atoms with E-state index in [1.165, 1.54) is 44.9 Å². The largest absolute Gasteiger partial charge is 0.300 e. The first-order chi connectivity index (χ1) is 11.1. The van der Waals surface area contributed by atoms with Gasteiger partial charge in [-0.3, -0.25) is 0 Å². The lowest BCUT2D eigenvalue weighted by Gasteiger charge is -1.95. The van der Waals surface area contributed by atoms with Crippen molar-refractivity contribution < 1.29 is 4.79 Å². The van der Waals surface area contributed by atoms with Gasteiger partial charge in [-0.25, -0.2) is 0 Å². The number of carbonyl (C=O) groups is 1. The van der Waals surface area contributed by atoms with Crippen LogP contribution in [0.15, 0.2) is 24.8 Å². The topological polar surface area (TPSA) is 17.1 Å². The van der Waals surface area contributed by atoms with Crippen molar-refractivity contribution in [3.05, 3.63) is 24.8 Å². The minimum absolute atomic E-state index is 0. The lowest BCUT2D eigenvalue weighted by molar-refractivity contribution is -0.117. The maximum atomic E-state index is 10.5. The zero-order valence-corrected chi connectivity index (χ0v) is 17.4. The first-order valence-corrected chi connectivity index (χ1v) is 9.81. The van der Waals surface area contributed by atoms with Crippen LogP contribution < -0.4 is 0 Å². The fraction of sp³-hybridized carbons (Fsp3) is 0.783. The maximum Gasteiger partial charge on any atom is 0.129 e. The molecule has 1 nitrogen and oxygen atoms in total. The first-order valence-electron chi connectivity index (χ1n) is 9.81. The molecule has 0 spiro atoms. The fourth-order valence-electron chi connectivity index (χ4n) is 1.47. The standard InChI is InChI=1S/C9H18O.C7H14.C4H8.C2H6.CH4/c1-3-4-5-6-7-8-9(2)10;1-3-5-7-6-4-2;1-3-4-2;1-2;/h3-8H2,1-2H3;3,5H,4,6-7H2,1-2H3;3H,1,4H2,2H3;1-2H3;1H4/b;5-3-;;;. The summed E-state index contributed by atoms with van der Waals surface area (Å²) in [6, 6.07) is 0. The van der Waals surface area contributed by atoms with Crippen LogP contribution in [-0.4, -0.2) is 5.78 Å². The molecular weight excluding hydrogens is 292 g/mol. The Labute approximate surface area is 156 Å². The van der Waals surface area contributed by atoms with Gasteiger partial charge in [-0.15, -0.1) is 6.58 Å². The van der Waals surface area contributed by atoms with Crippen LogP contribution in [-0.2, 0) is 4.79 Å². The van der Waals surface area contributed by atoms with E-state index in [1.807, 2.05) is 19.9 Å². The summed E-state index contributed by atoms with van der Waals surface area (Å²) < 4.78 is 0. The molecule has 1 heteroatoms. The Morgan fingerprint density at radius 1 is 0.917 bits per heavy atom. The summed E-state index contributed by atoms with van der Waals surface area (Å²) >= 11 is 0. The molecule has 0 N–H and O–H groups in total. The summed E-state index contributed by atoms with van der Waals surface area (Å²) in [5.41, 5.74) is 0. The number of hydrogen-bond acceptors (Lipinski definition) is 1. The second-order valence-electron chi connectivity index (χ2n) is 5.27.